The summed E-state index contributed by atoms with van der Waals surface area (Å²) >= 11 is 0. The second-order valence-corrected chi connectivity index (χ2v) is 8.11. The van der Waals surface area contributed by atoms with E-state index < -0.39 is 15.9 Å². The van der Waals surface area contributed by atoms with Crippen molar-refractivity contribution in [2.24, 2.45) is 0 Å². The molecule has 1 aliphatic heterocycles. The summed E-state index contributed by atoms with van der Waals surface area (Å²) in [4.78, 5) is 12.5. The minimum absolute atomic E-state index is 0.0349. The predicted molar refractivity (Wildman–Crippen MR) is 103 cm³/mol. The first-order valence-electron chi connectivity index (χ1n) is 8.69. The summed E-state index contributed by atoms with van der Waals surface area (Å²) in [6.07, 6.45) is 0. The van der Waals surface area contributed by atoms with Gasteiger partial charge in [0.05, 0.1) is 13.7 Å². The van der Waals surface area contributed by atoms with Crippen molar-refractivity contribution in [3.05, 3.63) is 42.0 Å². The molecule has 0 aliphatic carbocycles. The number of nitrogens with zero attached hydrogens (tertiary/aromatic N) is 1. The zero-order valence-electron chi connectivity index (χ0n) is 15.9. The van der Waals surface area contributed by atoms with E-state index in [1.165, 1.54) is 13.2 Å². The van der Waals surface area contributed by atoms with Crippen LogP contribution in [0.2, 0.25) is 0 Å². The molecule has 0 unspecified atom stereocenters. The van der Waals surface area contributed by atoms with Gasteiger partial charge in [0, 0.05) is 18.3 Å². The lowest BCUT2D eigenvalue weighted by atomic mass is 10.2. The van der Waals surface area contributed by atoms with Gasteiger partial charge in [-0.15, -0.1) is 0 Å². The molecule has 0 saturated carbocycles. The van der Waals surface area contributed by atoms with Gasteiger partial charge in [-0.2, -0.15) is 4.31 Å². The maximum absolute atomic E-state index is 13.1. The number of fused-ring (bicyclic) bond motifs is 1. The predicted octanol–water partition coefficient (Wildman–Crippen LogP) is 2.38. The Morgan fingerprint density at radius 2 is 1.93 bits per heavy atom. The number of likely N-dealkylation sites (N-methyl/N-ethyl adjacent to an activating group) is 1. The van der Waals surface area contributed by atoms with Gasteiger partial charge in [-0.25, -0.2) is 8.42 Å². The number of anilines is 1. The van der Waals surface area contributed by atoms with Crippen molar-refractivity contribution in [2.45, 2.75) is 18.7 Å². The largest absolute Gasteiger partial charge is 0.495 e. The second-order valence-electron chi connectivity index (χ2n) is 6.20. The highest BCUT2D eigenvalue weighted by Crippen LogP contribution is 2.34. The Bertz CT molecular complexity index is 990. The fraction of sp³-hybridized carbons (Fsp3) is 0.316. The third kappa shape index (κ3) is 4.05. The van der Waals surface area contributed by atoms with Crippen LogP contribution in [0, 0.1) is 6.92 Å². The molecule has 0 atom stereocenters. The van der Waals surface area contributed by atoms with Crippen molar-refractivity contribution < 1.29 is 27.4 Å². The van der Waals surface area contributed by atoms with Gasteiger partial charge in [-0.1, -0.05) is 13.0 Å². The van der Waals surface area contributed by atoms with Gasteiger partial charge in [-0.3, -0.25) is 4.79 Å². The average Bonchev–Trinajstić information content (AvgIpc) is 3.13. The number of carbonyl (C=O) groups is 1. The summed E-state index contributed by atoms with van der Waals surface area (Å²) in [5.41, 5.74) is 1.27. The molecular weight excluding hydrogens is 384 g/mol. The highest BCUT2D eigenvalue weighted by molar-refractivity contribution is 7.89. The second kappa shape index (κ2) is 8.07. The Morgan fingerprint density at radius 1 is 1.18 bits per heavy atom. The van der Waals surface area contributed by atoms with E-state index >= 15 is 0 Å². The zero-order valence-corrected chi connectivity index (χ0v) is 16.7. The van der Waals surface area contributed by atoms with E-state index in [9.17, 15) is 13.2 Å². The quantitative estimate of drug-likeness (QED) is 0.759. The van der Waals surface area contributed by atoms with Crippen molar-refractivity contribution in [1.82, 2.24) is 4.31 Å². The number of methoxy groups -OCH3 is 1. The molecule has 1 N–H and O–H groups in total. The van der Waals surface area contributed by atoms with Crippen molar-refractivity contribution >= 4 is 21.6 Å². The first-order chi connectivity index (χ1) is 13.3. The molecule has 1 aliphatic rings. The molecule has 0 bridgehead atoms. The molecule has 0 fully saturated rings. The highest BCUT2D eigenvalue weighted by Gasteiger charge is 2.28. The summed E-state index contributed by atoms with van der Waals surface area (Å²) in [7, 11) is -2.50. The Kier molecular flexibility index (Phi) is 5.76. The van der Waals surface area contributed by atoms with Crippen LogP contribution < -0.4 is 19.5 Å². The number of aryl methyl sites for hydroxylation is 1. The maximum atomic E-state index is 13.1. The van der Waals surface area contributed by atoms with Crippen LogP contribution in [-0.2, 0) is 14.8 Å². The SMILES string of the molecule is CCN(CC(=O)Nc1ccc2c(c1)OCO2)S(=O)(=O)c1cc(C)ccc1OC. The van der Waals surface area contributed by atoms with Crippen LogP contribution in [0.1, 0.15) is 12.5 Å². The summed E-state index contributed by atoms with van der Waals surface area (Å²) in [5.74, 6) is 0.903. The number of carbonyl (C=O) groups excluding carboxylic acids is 1. The average molecular weight is 406 g/mol. The molecular formula is C19H22N2O6S. The third-order valence-electron chi connectivity index (χ3n) is 4.27. The Labute approximate surface area is 164 Å². The topological polar surface area (TPSA) is 94.2 Å². The fourth-order valence-corrected chi connectivity index (χ4v) is 4.47. The smallest absolute Gasteiger partial charge is 0.247 e. The molecule has 0 radical (unpaired) electrons. The van der Waals surface area contributed by atoms with Gasteiger partial charge < -0.3 is 19.5 Å². The molecule has 2 aromatic rings. The van der Waals surface area contributed by atoms with E-state index in [4.69, 9.17) is 14.2 Å². The first-order valence-corrected chi connectivity index (χ1v) is 10.1. The molecule has 0 saturated heterocycles. The molecule has 2 aromatic carbocycles. The monoisotopic (exact) mass is 406 g/mol. The van der Waals surface area contributed by atoms with Crippen LogP contribution in [0.4, 0.5) is 5.69 Å². The van der Waals surface area contributed by atoms with E-state index in [-0.39, 0.29) is 30.5 Å². The fourth-order valence-electron chi connectivity index (χ4n) is 2.83. The van der Waals surface area contributed by atoms with Crippen LogP contribution in [-0.4, -0.2) is 45.6 Å². The number of ether oxygens (including phenoxy) is 3. The Hall–Kier alpha value is -2.78. The Morgan fingerprint density at radius 3 is 2.64 bits per heavy atom. The normalized spacial score (nSPS) is 12.9. The number of rotatable bonds is 7. The lowest BCUT2D eigenvalue weighted by molar-refractivity contribution is -0.116. The molecule has 8 nitrogen and oxygen atoms in total. The minimum Gasteiger partial charge on any atom is -0.495 e. The van der Waals surface area contributed by atoms with Crippen LogP contribution in [0.3, 0.4) is 0 Å². The number of amides is 1. The number of hydrogen-bond donors (Lipinski definition) is 1. The number of hydrogen-bond acceptors (Lipinski definition) is 6. The molecule has 1 heterocycles. The lowest BCUT2D eigenvalue weighted by Crippen LogP contribution is -2.38. The standard InChI is InChI=1S/C19H22N2O6S/c1-4-21(28(23,24)18-9-13(2)5-7-16(18)25-3)11-19(22)20-14-6-8-15-17(10-14)27-12-26-15/h5-10H,4,11-12H2,1-3H3,(H,20,22). The van der Waals surface area contributed by atoms with Crippen molar-refractivity contribution in [3.8, 4) is 17.2 Å². The maximum Gasteiger partial charge on any atom is 0.247 e. The van der Waals surface area contributed by atoms with E-state index in [1.54, 1.807) is 44.2 Å². The van der Waals surface area contributed by atoms with Crippen LogP contribution >= 0.6 is 0 Å². The van der Waals surface area contributed by atoms with Gasteiger partial charge >= 0.3 is 0 Å². The minimum atomic E-state index is -3.91. The van der Waals surface area contributed by atoms with E-state index in [2.05, 4.69) is 5.32 Å². The summed E-state index contributed by atoms with van der Waals surface area (Å²) in [6.45, 7) is 3.40. The molecule has 9 heteroatoms. The molecule has 1 amide bonds. The van der Waals surface area contributed by atoms with Crippen LogP contribution in [0.5, 0.6) is 17.2 Å². The van der Waals surface area contributed by atoms with E-state index in [0.29, 0.717) is 17.2 Å². The number of benzene rings is 2. The van der Waals surface area contributed by atoms with Crippen molar-refractivity contribution in [2.75, 3.05) is 32.3 Å². The van der Waals surface area contributed by atoms with Crippen molar-refractivity contribution in [1.29, 1.82) is 0 Å². The first kappa shape index (κ1) is 20.0. The summed E-state index contributed by atoms with van der Waals surface area (Å²) < 4.78 is 42.9. The number of sulfonamides is 1. The molecule has 0 spiro atoms. The van der Waals surface area contributed by atoms with Crippen LogP contribution in [0.15, 0.2) is 41.3 Å². The van der Waals surface area contributed by atoms with Gasteiger partial charge in [-0.05, 0) is 36.8 Å². The van der Waals surface area contributed by atoms with E-state index in [1.807, 2.05) is 0 Å². The molecule has 0 aromatic heterocycles. The van der Waals surface area contributed by atoms with Crippen LogP contribution in [0.25, 0.3) is 0 Å². The summed E-state index contributed by atoms with van der Waals surface area (Å²) in [6, 6.07) is 9.88. The van der Waals surface area contributed by atoms with Gasteiger partial charge in [0.1, 0.15) is 10.6 Å². The summed E-state index contributed by atoms with van der Waals surface area (Å²) in [5, 5.41) is 2.69. The molecule has 150 valence electrons. The zero-order chi connectivity index (χ0) is 20.3. The van der Waals surface area contributed by atoms with Gasteiger partial charge in [0.2, 0.25) is 22.7 Å². The third-order valence-corrected chi connectivity index (χ3v) is 6.21. The lowest BCUT2D eigenvalue weighted by Gasteiger charge is -2.21. The molecule has 28 heavy (non-hydrogen) atoms. The Balaban J connectivity index is 1.77. The van der Waals surface area contributed by atoms with Crippen molar-refractivity contribution in [3.63, 3.8) is 0 Å². The molecule has 3 rings (SSSR count). The number of nitrogens with one attached hydrogen (secondary N) is 1. The van der Waals surface area contributed by atoms with Gasteiger partial charge in [0.25, 0.3) is 0 Å². The highest BCUT2D eigenvalue weighted by atomic mass is 32.2. The van der Waals surface area contributed by atoms with Gasteiger partial charge in [0.15, 0.2) is 11.5 Å². The van der Waals surface area contributed by atoms with E-state index in [0.717, 1.165) is 9.87 Å².